The van der Waals surface area contributed by atoms with E-state index >= 15 is 0 Å². The molecule has 3 aromatic rings. The van der Waals surface area contributed by atoms with Crippen molar-refractivity contribution in [1.82, 2.24) is 9.88 Å². The number of nitrogens with one attached hydrogen (secondary N) is 1. The van der Waals surface area contributed by atoms with Crippen LogP contribution in [-0.2, 0) is 9.59 Å². The Morgan fingerprint density at radius 2 is 1.97 bits per heavy atom. The Morgan fingerprint density at radius 1 is 1.18 bits per heavy atom. The number of amides is 3. The molecule has 1 fully saturated rings. The smallest absolute Gasteiger partial charge is 0.331 e. The summed E-state index contributed by atoms with van der Waals surface area (Å²) in [5.74, 6) is -3.41. The molecular weight excluding hydrogens is 526 g/mol. The number of nitrogens with zero attached hydrogens (tertiary/aromatic N) is 3. The summed E-state index contributed by atoms with van der Waals surface area (Å²) in [5, 5.41) is 12.7. The van der Waals surface area contributed by atoms with Gasteiger partial charge < -0.3 is 14.8 Å². The van der Waals surface area contributed by atoms with Gasteiger partial charge in [-0.2, -0.15) is 0 Å². The fourth-order valence-corrected chi connectivity index (χ4v) is 4.11. The monoisotopic (exact) mass is 542 g/mol. The van der Waals surface area contributed by atoms with Gasteiger partial charge in [0.2, 0.25) is 5.91 Å². The van der Waals surface area contributed by atoms with Gasteiger partial charge in [-0.15, -0.1) is 0 Å². The van der Waals surface area contributed by atoms with Crippen LogP contribution in [-0.4, -0.2) is 45.5 Å². The second-order valence-electron chi connectivity index (χ2n) is 7.54. The number of carbonyl (C=O) groups excluding carboxylic acids is 3. The molecule has 0 atom stereocenters. The summed E-state index contributed by atoms with van der Waals surface area (Å²) in [5.41, 5.74) is -0.226. The average Bonchev–Trinajstić information content (AvgIpc) is 3.14. The number of halogens is 2. The number of nitro groups is 1. The third-order valence-corrected chi connectivity index (χ3v) is 5.93. The van der Waals surface area contributed by atoms with Crippen molar-refractivity contribution in [2.24, 2.45) is 0 Å². The van der Waals surface area contributed by atoms with Crippen LogP contribution >= 0.6 is 11.8 Å². The molecule has 0 spiro atoms. The zero-order valence-corrected chi connectivity index (χ0v) is 20.2. The molecule has 1 aromatic heterocycles. The molecule has 0 unspecified atom stereocenters. The van der Waals surface area contributed by atoms with E-state index < -0.39 is 40.2 Å². The Labute approximate surface area is 217 Å². The van der Waals surface area contributed by atoms with Crippen LogP contribution in [0.1, 0.15) is 5.56 Å². The molecule has 0 aliphatic carbocycles. The van der Waals surface area contributed by atoms with E-state index in [0.717, 1.165) is 12.1 Å². The summed E-state index contributed by atoms with van der Waals surface area (Å²) in [6.07, 6.45) is 2.72. The Hall–Kier alpha value is -4.85. The van der Waals surface area contributed by atoms with Gasteiger partial charge in [0, 0.05) is 18.3 Å². The van der Waals surface area contributed by atoms with Crippen LogP contribution in [0, 0.1) is 21.7 Å². The van der Waals surface area contributed by atoms with Gasteiger partial charge in [-0.05, 0) is 53.7 Å². The first-order valence-corrected chi connectivity index (χ1v) is 11.4. The number of rotatable bonds is 8. The Balaban J connectivity index is 1.49. The largest absolute Gasteiger partial charge is 0.493 e. The number of pyridine rings is 1. The Bertz CT molecular complexity index is 1500. The highest BCUT2D eigenvalue weighted by molar-refractivity contribution is 8.18. The van der Waals surface area contributed by atoms with Gasteiger partial charge in [-0.25, -0.2) is 13.8 Å². The summed E-state index contributed by atoms with van der Waals surface area (Å²) >= 11 is 0.593. The maximum atomic E-state index is 13.8. The summed E-state index contributed by atoms with van der Waals surface area (Å²) in [4.78, 5) is 52.5. The molecule has 1 saturated heterocycles. The Morgan fingerprint density at radius 3 is 2.68 bits per heavy atom. The number of aromatic nitrogens is 1. The van der Waals surface area contributed by atoms with Crippen molar-refractivity contribution in [3.63, 3.8) is 0 Å². The van der Waals surface area contributed by atoms with E-state index in [4.69, 9.17) is 9.47 Å². The van der Waals surface area contributed by atoms with Crippen molar-refractivity contribution in [2.75, 3.05) is 19.0 Å². The number of anilines is 1. The van der Waals surface area contributed by atoms with Crippen molar-refractivity contribution < 1.29 is 37.6 Å². The van der Waals surface area contributed by atoms with Gasteiger partial charge in [0.05, 0.1) is 22.6 Å². The summed E-state index contributed by atoms with van der Waals surface area (Å²) in [7, 11) is 1.34. The predicted octanol–water partition coefficient (Wildman–Crippen LogP) is 4.74. The van der Waals surface area contributed by atoms with Crippen LogP contribution in [0.3, 0.4) is 0 Å². The molecule has 1 aliphatic rings. The van der Waals surface area contributed by atoms with E-state index in [2.05, 4.69) is 10.3 Å². The molecule has 14 heteroatoms. The zero-order valence-electron chi connectivity index (χ0n) is 19.3. The second-order valence-corrected chi connectivity index (χ2v) is 8.53. The zero-order chi connectivity index (χ0) is 27.4. The molecule has 38 heavy (non-hydrogen) atoms. The van der Waals surface area contributed by atoms with Crippen LogP contribution in [0.15, 0.2) is 59.6 Å². The predicted molar refractivity (Wildman–Crippen MR) is 132 cm³/mol. The summed E-state index contributed by atoms with van der Waals surface area (Å²) < 4.78 is 37.7. The molecule has 2 aromatic carbocycles. The van der Waals surface area contributed by atoms with Gasteiger partial charge in [-0.1, -0.05) is 6.07 Å². The highest BCUT2D eigenvalue weighted by Crippen LogP contribution is 2.37. The lowest BCUT2D eigenvalue weighted by Crippen LogP contribution is -2.36. The van der Waals surface area contributed by atoms with Crippen LogP contribution in [0.4, 0.5) is 25.0 Å². The molecule has 194 valence electrons. The molecule has 1 aliphatic heterocycles. The lowest BCUT2D eigenvalue weighted by molar-refractivity contribution is -0.386. The lowest BCUT2D eigenvalue weighted by Gasteiger charge is -2.13. The van der Waals surface area contributed by atoms with Crippen LogP contribution in [0.25, 0.3) is 6.08 Å². The van der Waals surface area contributed by atoms with Crippen molar-refractivity contribution >= 4 is 46.3 Å². The maximum Gasteiger partial charge on any atom is 0.331 e. The van der Waals surface area contributed by atoms with Crippen molar-refractivity contribution in [3.8, 4) is 17.4 Å². The van der Waals surface area contributed by atoms with Crippen LogP contribution in [0.5, 0.6) is 17.4 Å². The van der Waals surface area contributed by atoms with E-state index in [0.29, 0.717) is 28.3 Å². The molecular formula is C24H16F2N4O7S. The van der Waals surface area contributed by atoms with E-state index in [9.17, 15) is 33.3 Å². The first-order valence-electron chi connectivity index (χ1n) is 10.6. The second kappa shape index (κ2) is 11.0. The minimum absolute atomic E-state index is 0.00634. The van der Waals surface area contributed by atoms with Crippen molar-refractivity contribution in [3.05, 3.63) is 86.9 Å². The number of benzene rings is 2. The fraction of sp³-hybridized carbons (Fsp3) is 0.0833. The first kappa shape index (κ1) is 26.2. The first-order chi connectivity index (χ1) is 18.2. The quantitative estimate of drug-likeness (QED) is 0.243. The number of imide groups is 1. The topological polar surface area (TPSA) is 141 Å². The van der Waals surface area contributed by atoms with Crippen LogP contribution in [0.2, 0.25) is 0 Å². The third kappa shape index (κ3) is 5.75. The molecule has 2 heterocycles. The number of carbonyl (C=O) groups is 3. The highest BCUT2D eigenvalue weighted by atomic mass is 32.2. The van der Waals surface area contributed by atoms with E-state index in [1.807, 2.05) is 0 Å². The van der Waals surface area contributed by atoms with E-state index in [-0.39, 0.29) is 33.7 Å². The van der Waals surface area contributed by atoms with Gasteiger partial charge >= 0.3 is 5.69 Å². The fourth-order valence-electron chi connectivity index (χ4n) is 3.27. The average molecular weight is 542 g/mol. The molecule has 0 radical (unpaired) electrons. The highest BCUT2D eigenvalue weighted by Gasteiger charge is 2.36. The molecule has 0 saturated carbocycles. The number of methoxy groups -OCH3 is 1. The summed E-state index contributed by atoms with van der Waals surface area (Å²) in [6.45, 7) is -0.683. The van der Waals surface area contributed by atoms with Crippen molar-refractivity contribution in [2.45, 2.75) is 0 Å². The van der Waals surface area contributed by atoms with Gasteiger partial charge in [0.1, 0.15) is 18.2 Å². The Kier molecular flexibility index (Phi) is 7.62. The van der Waals surface area contributed by atoms with Gasteiger partial charge in [0.25, 0.3) is 17.0 Å². The number of thioether (sulfide) groups is 1. The third-order valence-electron chi connectivity index (χ3n) is 5.02. The standard InChI is InChI=1S/C24H16F2N4O7S/c1-36-19-9-13(4-7-18(19)37-22-17(30(34)35)3-2-8-27-22)10-20-23(32)29(24(33)38-20)12-21(31)28-16-6-5-14(25)11-15(16)26/h2-11H,12H2,1H3,(H,28,31)/b20-10-. The molecule has 3 amide bonds. The maximum absolute atomic E-state index is 13.8. The normalized spacial score (nSPS) is 14.1. The lowest BCUT2D eigenvalue weighted by atomic mass is 10.2. The van der Waals surface area contributed by atoms with E-state index in [1.165, 1.54) is 49.7 Å². The summed E-state index contributed by atoms with van der Waals surface area (Å²) in [6, 6.07) is 9.61. The van der Waals surface area contributed by atoms with Gasteiger partial charge in [0.15, 0.2) is 11.5 Å². The number of ether oxygens (including phenoxy) is 2. The van der Waals surface area contributed by atoms with Gasteiger partial charge in [-0.3, -0.25) is 29.4 Å². The molecule has 1 N–H and O–H groups in total. The van der Waals surface area contributed by atoms with Crippen molar-refractivity contribution in [1.29, 1.82) is 0 Å². The van der Waals surface area contributed by atoms with Crippen LogP contribution < -0.4 is 14.8 Å². The SMILES string of the molecule is COc1cc(/C=C2\SC(=O)N(CC(=O)Nc3ccc(F)cc3F)C2=O)ccc1Oc1ncccc1[N+](=O)[O-]. The van der Waals surface area contributed by atoms with E-state index in [1.54, 1.807) is 0 Å². The number of hydrogen-bond acceptors (Lipinski definition) is 9. The molecule has 11 nitrogen and oxygen atoms in total. The minimum atomic E-state index is -1.01. The number of hydrogen-bond donors (Lipinski definition) is 1. The molecule has 4 rings (SSSR count). The molecule has 0 bridgehead atoms. The minimum Gasteiger partial charge on any atom is -0.493 e.